The Labute approximate surface area is 191 Å². The molecule has 0 saturated carbocycles. The number of carbonyl (C=O) groups is 1. The third-order valence-electron chi connectivity index (χ3n) is 5.10. The molecule has 9 nitrogen and oxygen atoms in total. The second-order valence-electron chi connectivity index (χ2n) is 7.46. The molecule has 1 N–H and O–H groups in total. The average Bonchev–Trinajstić information content (AvgIpc) is 3.30. The molecule has 2 aromatic heterocycles. The number of nitrogens with one attached hydrogen (secondary N) is 1. The normalized spacial score (nSPS) is 15.5. The first-order chi connectivity index (χ1) is 16.1. The van der Waals surface area contributed by atoms with Gasteiger partial charge in [-0.2, -0.15) is 8.78 Å². The average molecular weight is 498 g/mol. The van der Waals surface area contributed by atoms with Gasteiger partial charge < -0.3 is 9.32 Å². The zero-order valence-electron chi connectivity index (χ0n) is 17.5. The van der Waals surface area contributed by atoms with E-state index in [0.717, 1.165) is 23.1 Å². The molecular weight excluding hydrogens is 480 g/mol. The summed E-state index contributed by atoms with van der Waals surface area (Å²) >= 11 is 0. The number of anilines is 1. The van der Waals surface area contributed by atoms with Gasteiger partial charge in [-0.15, -0.1) is 10.2 Å². The largest absolute Gasteiger partial charge is 0.415 e. The number of nitrogens with zero attached hydrogens (tertiary/aromatic N) is 5. The number of hydrogen-bond donors (Lipinski definition) is 1. The fourth-order valence-corrected chi connectivity index (χ4v) is 4.52. The molecule has 180 valence electrons. The summed E-state index contributed by atoms with van der Waals surface area (Å²) < 4.78 is 78.2. The summed E-state index contributed by atoms with van der Waals surface area (Å²) in [7, 11) is -2.77. The van der Waals surface area contributed by atoms with E-state index in [2.05, 4.69) is 15.2 Å². The summed E-state index contributed by atoms with van der Waals surface area (Å²) in [5, 5.41) is 6.77. The van der Waals surface area contributed by atoms with Crippen molar-refractivity contribution in [2.75, 3.05) is 29.5 Å². The van der Waals surface area contributed by atoms with E-state index in [0.29, 0.717) is 0 Å². The number of halogens is 4. The van der Waals surface area contributed by atoms with E-state index in [4.69, 9.17) is 9.20 Å². The molecule has 34 heavy (non-hydrogen) atoms. The van der Waals surface area contributed by atoms with Gasteiger partial charge in [0.05, 0.1) is 23.5 Å². The summed E-state index contributed by atoms with van der Waals surface area (Å²) in [4.78, 5) is 19.7. The number of hydrogen-bond acceptors (Lipinski definition) is 7. The molecule has 4 rings (SSSR count). The first-order valence-corrected chi connectivity index (χ1v) is 11.8. The lowest BCUT2D eigenvalue weighted by Gasteiger charge is -2.33. The van der Waals surface area contributed by atoms with Gasteiger partial charge in [-0.05, 0) is 24.3 Å². The minimum atomic E-state index is -2.92. The van der Waals surface area contributed by atoms with Gasteiger partial charge in [0.1, 0.15) is 11.6 Å². The molecule has 0 atom stereocenters. The third-order valence-corrected chi connectivity index (χ3v) is 6.79. The maximum Gasteiger partial charge on any atom is 0.325 e. The predicted molar refractivity (Wildman–Crippen MR) is 113 cm³/mol. The highest BCUT2D eigenvalue weighted by Crippen LogP contribution is 2.26. The van der Waals surface area contributed by atoms with Crippen LogP contribution in [0.3, 0.4) is 0 Å². The molecule has 0 unspecified atom stereocenters. The van der Waals surface area contributed by atoms with Gasteiger partial charge >= 0.3 is 12.5 Å². The van der Waals surface area contributed by atoms with E-state index in [1.165, 1.54) is 23.2 Å². The van der Waals surface area contributed by atoms with Crippen LogP contribution in [0, 0.1) is 16.4 Å². The van der Waals surface area contributed by atoms with Gasteiger partial charge in [0.25, 0.3) is 5.89 Å². The quantitative estimate of drug-likeness (QED) is 0.535. The molecule has 0 radical (unpaired) electrons. The highest BCUT2D eigenvalue weighted by atomic mass is 32.2. The summed E-state index contributed by atoms with van der Waals surface area (Å²) in [6.45, 7) is -0.187. The van der Waals surface area contributed by atoms with Crippen LogP contribution in [0.25, 0.3) is 11.5 Å². The van der Waals surface area contributed by atoms with Crippen LogP contribution in [0.1, 0.15) is 18.0 Å². The van der Waals surface area contributed by atoms with Crippen molar-refractivity contribution >= 4 is 21.4 Å². The fraction of sp³-hybridized carbons (Fsp3) is 0.300. The van der Waals surface area contributed by atoms with Crippen LogP contribution in [-0.2, 0) is 16.3 Å². The Morgan fingerprint density at radius 3 is 2.53 bits per heavy atom. The standard InChI is InChI=1S/C20H18F4N6O3S/c21-13-2-4-15(22)16(9-13)30(20(31)29-5-7-34(25,32)8-6-29)11-14-3-1-12(10-26-14)18-27-28-19(33-18)17(23)24/h1-4,9-10,17,25H,5-8,11H2. The first kappa shape index (κ1) is 23.6. The lowest BCUT2D eigenvalue weighted by molar-refractivity contribution is 0.116. The second kappa shape index (κ2) is 9.37. The molecule has 3 heterocycles. The molecule has 2 amide bonds. The number of urea groups is 1. The van der Waals surface area contributed by atoms with Gasteiger partial charge in [0, 0.05) is 46.6 Å². The van der Waals surface area contributed by atoms with E-state index in [9.17, 15) is 26.6 Å². The van der Waals surface area contributed by atoms with Crippen molar-refractivity contribution < 1.29 is 31.0 Å². The maximum absolute atomic E-state index is 14.6. The molecule has 1 aliphatic rings. The summed E-state index contributed by atoms with van der Waals surface area (Å²) in [5.41, 5.74) is 0.210. The molecule has 3 aromatic rings. The molecule has 1 aromatic carbocycles. The van der Waals surface area contributed by atoms with Crippen molar-refractivity contribution in [2.24, 2.45) is 0 Å². The van der Waals surface area contributed by atoms with E-state index < -0.39 is 39.7 Å². The number of rotatable bonds is 5. The Morgan fingerprint density at radius 1 is 1.18 bits per heavy atom. The Kier molecular flexibility index (Phi) is 6.50. The topological polar surface area (TPSA) is 116 Å². The lowest BCUT2D eigenvalue weighted by atomic mass is 10.2. The van der Waals surface area contributed by atoms with Crippen LogP contribution in [0.5, 0.6) is 0 Å². The van der Waals surface area contributed by atoms with E-state index >= 15 is 0 Å². The van der Waals surface area contributed by atoms with Crippen LogP contribution in [-0.4, -0.2) is 54.9 Å². The minimum absolute atomic E-state index is 0.0179. The molecule has 1 saturated heterocycles. The SMILES string of the molecule is N=S1(=O)CCN(C(=O)N(Cc2ccc(-c3nnc(C(F)F)o3)cn2)c2cc(F)ccc2F)CC1. The van der Waals surface area contributed by atoms with Crippen LogP contribution in [0.15, 0.2) is 40.9 Å². The Balaban J connectivity index is 1.60. The van der Waals surface area contributed by atoms with Crippen molar-refractivity contribution in [1.82, 2.24) is 20.1 Å². The van der Waals surface area contributed by atoms with Crippen LogP contribution in [0.4, 0.5) is 28.0 Å². The van der Waals surface area contributed by atoms with E-state index in [1.54, 1.807) is 0 Å². The van der Waals surface area contributed by atoms with Crippen molar-refractivity contribution in [3.05, 3.63) is 59.7 Å². The molecular formula is C20H18F4N6O3S. The summed E-state index contributed by atoms with van der Waals surface area (Å²) in [6.07, 6.45) is -1.66. The molecule has 1 aliphatic heterocycles. The zero-order valence-corrected chi connectivity index (χ0v) is 18.3. The Bertz CT molecular complexity index is 1290. The molecule has 0 spiro atoms. The first-order valence-electron chi connectivity index (χ1n) is 9.95. The van der Waals surface area contributed by atoms with Gasteiger partial charge in [-0.25, -0.2) is 17.8 Å². The Morgan fingerprint density at radius 2 is 1.91 bits per heavy atom. The van der Waals surface area contributed by atoms with Crippen molar-refractivity contribution in [2.45, 2.75) is 13.0 Å². The summed E-state index contributed by atoms with van der Waals surface area (Å²) in [5.74, 6) is -2.64. The molecule has 1 fully saturated rings. The van der Waals surface area contributed by atoms with Crippen LogP contribution >= 0.6 is 0 Å². The van der Waals surface area contributed by atoms with Gasteiger partial charge in [0.15, 0.2) is 0 Å². The van der Waals surface area contributed by atoms with Crippen LogP contribution in [0.2, 0.25) is 0 Å². The predicted octanol–water partition coefficient (Wildman–Crippen LogP) is 3.84. The molecule has 0 aliphatic carbocycles. The number of amides is 2. The molecule has 0 bridgehead atoms. The number of carbonyl (C=O) groups excluding carboxylic acids is 1. The smallest absolute Gasteiger partial charge is 0.325 e. The third kappa shape index (κ3) is 5.16. The lowest BCUT2D eigenvalue weighted by Crippen LogP contribution is -2.49. The monoisotopic (exact) mass is 498 g/mol. The Hall–Kier alpha value is -3.55. The second-order valence-corrected chi connectivity index (χ2v) is 9.90. The van der Waals surface area contributed by atoms with Gasteiger partial charge in [0.2, 0.25) is 5.89 Å². The van der Waals surface area contributed by atoms with Crippen molar-refractivity contribution in [1.29, 1.82) is 4.78 Å². The van der Waals surface area contributed by atoms with E-state index in [-0.39, 0.29) is 54.0 Å². The maximum atomic E-state index is 14.6. The molecule has 14 heteroatoms. The van der Waals surface area contributed by atoms with Crippen molar-refractivity contribution in [3.8, 4) is 11.5 Å². The zero-order chi connectivity index (χ0) is 24.5. The highest BCUT2D eigenvalue weighted by molar-refractivity contribution is 7.92. The summed E-state index contributed by atoms with van der Waals surface area (Å²) in [6, 6.07) is 4.93. The number of aromatic nitrogens is 3. The van der Waals surface area contributed by atoms with Gasteiger partial charge in [-0.1, -0.05) is 0 Å². The minimum Gasteiger partial charge on any atom is -0.415 e. The van der Waals surface area contributed by atoms with E-state index in [1.807, 2.05) is 0 Å². The fourth-order valence-electron chi connectivity index (χ4n) is 3.29. The number of pyridine rings is 1. The van der Waals surface area contributed by atoms with Crippen molar-refractivity contribution in [3.63, 3.8) is 0 Å². The number of benzene rings is 1. The van der Waals surface area contributed by atoms with Gasteiger partial charge in [-0.3, -0.25) is 14.7 Å². The van der Waals surface area contributed by atoms with Crippen LogP contribution < -0.4 is 4.90 Å². The number of alkyl halides is 2. The highest BCUT2D eigenvalue weighted by Gasteiger charge is 2.29.